The van der Waals surface area contributed by atoms with Crippen molar-refractivity contribution in [2.24, 2.45) is 0 Å². The number of fused-ring (bicyclic) bond motifs is 1. The fraction of sp³-hybridized carbons (Fsp3) is 0.273. The molecule has 0 saturated heterocycles. The quantitative estimate of drug-likeness (QED) is 0.541. The van der Waals surface area contributed by atoms with Crippen LogP contribution in [0.15, 0.2) is 22.6 Å². The third-order valence-corrected chi connectivity index (χ3v) is 2.19. The SMILES string of the molecule is CC(=O)NCCNc1nc2cc(N)ccc2o1. The molecule has 90 valence electrons. The maximum atomic E-state index is 10.6. The minimum Gasteiger partial charge on any atom is -0.424 e. The van der Waals surface area contributed by atoms with E-state index < -0.39 is 0 Å². The van der Waals surface area contributed by atoms with E-state index in [1.54, 1.807) is 18.2 Å². The van der Waals surface area contributed by atoms with Gasteiger partial charge in [-0.05, 0) is 18.2 Å². The summed E-state index contributed by atoms with van der Waals surface area (Å²) in [6.07, 6.45) is 0. The molecule has 0 saturated carbocycles. The summed E-state index contributed by atoms with van der Waals surface area (Å²) in [7, 11) is 0. The largest absolute Gasteiger partial charge is 0.424 e. The summed E-state index contributed by atoms with van der Waals surface area (Å²) in [5.41, 5.74) is 7.68. The zero-order valence-electron chi connectivity index (χ0n) is 9.49. The topological polar surface area (TPSA) is 93.2 Å². The Labute approximate surface area is 98.2 Å². The van der Waals surface area contributed by atoms with Crippen LogP contribution in [0.2, 0.25) is 0 Å². The highest BCUT2D eigenvalue weighted by atomic mass is 16.4. The lowest BCUT2D eigenvalue weighted by molar-refractivity contribution is -0.118. The summed E-state index contributed by atoms with van der Waals surface area (Å²) in [6, 6.07) is 5.71. The Kier molecular flexibility index (Phi) is 3.13. The van der Waals surface area contributed by atoms with Crippen LogP contribution in [-0.4, -0.2) is 24.0 Å². The molecular weight excluding hydrogens is 220 g/mol. The van der Waals surface area contributed by atoms with Crippen LogP contribution in [0.3, 0.4) is 0 Å². The van der Waals surface area contributed by atoms with Gasteiger partial charge in [-0.1, -0.05) is 0 Å². The van der Waals surface area contributed by atoms with Crippen molar-refractivity contribution in [2.45, 2.75) is 6.92 Å². The summed E-state index contributed by atoms with van der Waals surface area (Å²) in [5.74, 6) is -0.0582. The number of aromatic nitrogens is 1. The number of oxazole rings is 1. The van der Waals surface area contributed by atoms with Crippen LogP contribution in [0, 0.1) is 0 Å². The van der Waals surface area contributed by atoms with Crippen LogP contribution in [0.5, 0.6) is 0 Å². The number of carbonyl (C=O) groups is 1. The summed E-state index contributed by atoms with van der Waals surface area (Å²) >= 11 is 0. The molecule has 1 amide bonds. The molecule has 0 bridgehead atoms. The van der Waals surface area contributed by atoms with Gasteiger partial charge in [0.1, 0.15) is 5.52 Å². The highest BCUT2D eigenvalue weighted by molar-refractivity contribution is 5.78. The molecule has 2 rings (SSSR count). The number of nitrogen functional groups attached to an aromatic ring is 1. The molecule has 4 N–H and O–H groups in total. The molecule has 1 aromatic carbocycles. The maximum Gasteiger partial charge on any atom is 0.295 e. The molecule has 0 aliphatic heterocycles. The number of hydrogen-bond acceptors (Lipinski definition) is 5. The molecule has 0 fully saturated rings. The van der Waals surface area contributed by atoms with Crippen molar-refractivity contribution >= 4 is 28.7 Å². The minimum atomic E-state index is -0.0582. The van der Waals surface area contributed by atoms with E-state index in [-0.39, 0.29) is 5.91 Å². The Morgan fingerprint density at radius 2 is 2.29 bits per heavy atom. The van der Waals surface area contributed by atoms with Crippen LogP contribution in [0.25, 0.3) is 11.1 Å². The van der Waals surface area contributed by atoms with E-state index in [1.165, 1.54) is 6.92 Å². The van der Waals surface area contributed by atoms with Crippen molar-refractivity contribution in [2.75, 3.05) is 24.1 Å². The van der Waals surface area contributed by atoms with Crippen LogP contribution in [-0.2, 0) is 4.79 Å². The molecular formula is C11H14N4O2. The Bertz CT molecular complexity index is 535. The van der Waals surface area contributed by atoms with E-state index in [1.807, 2.05) is 0 Å². The van der Waals surface area contributed by atoms with Crippen LogP contribution in [0.1, 0.15) is 6.92 Å². The summed E-state index contributed by atoms with van der Waals surface area (Å²) in [4.78, 5) is 14.9. The second-order valence-electron chi connectivity index (χ2n) is 3.66. The summed E-state index contributed by atoms with van der Waals surface area (Å²) < 4.78 is 5.44. The van der Waals surface area contributed by atoms with Crippen molar-refractivity contribution in [1.82, 2.24) is 10.3 Å². The molecule has 0 unspecified atom stereocenters. The van der Waals surface area contributed by atoms with Gasteiger partial charge in [0.15, 0.2) is 5.58 Å². The second-order valence-corrected chi connectivity index (χ2v) is 3.66. The Morgan fingerprint density at radius 3 is 3.06 bits per heavy atom. The third-order valence-electron chi connectivity index (χ3n) is 2.19. The molecule has 17 heavy (non-hydrogen) atoms. The zero-order chi connectivity index (χ0) is 12.3. The normalized spacial score (nSPS) is 10.4. The highest BCUT2D eigenvalue weighted by Gasteiger charge is 2.04. The first-order chi connectivity index (χ1) is 8.15. The average Bonchev–Trinajstić information content (AvgIpc) is 2.66. The molecule has 0 spiro atoms. The molecule has 1 heterocycles. The number of rotatable bonds is 4. The minimum absolute atomic E-state index is 0.0582. The standard InChI is InChI=1S/C11H14N4O2/c1-7(16)13-4-5-14-11-15-9-6-8(12)2-3-10(9)17-11/h2-3,6H,4-5,12H2,1H3,(H,13,16)(H,14,15). The number of nitrogens with one attached hydrogen (secondary N) is 2. The lowest BCUT2D eigenvalue weighted by Crippen LogP contribution is -2.26. The van der Waals surface area contributed by atoms with Gasteiger partial charge >= 0.3 is 0 Å². The van der Waals surface area contributed by atoms with Gasteiger partial charge in [-0.25, -0.2) is 0 Å². The first kappa shape index (κ1) is 11.3. The van der Waals surface area contributed by atoms with Crippen molar-refractivity contribution in [3.05, 3.63) is 18.2 Å². The fourth-order valence-corrected chi connectivity index (χ4v) is 1.43. The van der Waals surface area contributed by atoms with E-state index in [2.05, 4.69) is 15.6 Å². The molecule has 0 radical (unpaired) electrons. The third kappa shape index (κ3) is 2.87. The van der Waals surface area contributed by atoms with Crippen molar-refractivity contribution in [1.29, 1.82) is 0 Å². The van der Waals surface area contributed by atoms with E-state index in [0.29, 0.717) is 35.9 Å². The Hall–Kier alpha value is -2.24. The van der Waals surface area contributed by atoms with Gasteiger partial charge in [-0.2, -0.15) is 4.98 Å². The van der Waals surface area contributed by atoms with Gasteiger partial charge in [0.25, 0.3) is 6.01 Å². The number of amides is 1. The number of hydrogen-bond donors (Lipinski definition) is 3. The van der Waals surface area contributed by atoms with E-state index in [4.69, 9.17) is 10.2 Å². The molecule has 2 aromatic rings. The van der Waals surface area contributed by atoms with Gasteiger partial charge in [-0.15, -0.1) is 0 Å². The van der Waals surface area contributed by atoms with E-state index in [9.17, 15) is 4.79 Å². The first-order valence-corrected chi connectivity index (χ1v) is 5.29. The van der Waals surface area contributed by atoms with Gasteiger partial charge in [0.2, 0.25) is 5.91 Å². The summed E-state index contributed by atoms with van der Waals surface area (Å²) in [6.45, 7) is 2.56. The van der Waals surface area contributed by atoms with Crippen molar-refractivity contribution in [3.8, 4) is 0 Å². The average molecular weight is 234 g/mol. The molecule has 0 aliphatic rings. The predicted octanol–water partition coefficient (Wildman–Crippen LogP) is 0.958. The van der Waals surface area contributed by atoms with Crippen molar-refractivity contribution < 1.29 is 9.21 Å². The fourth-order valence-electron chi connectivity index (χ4n) is 1.43. The highest BCUT2D eigenvalue weighted by Crippen LogP contribution is 2.20. The zero-order valence-corrected chi connectivity index (χ0v) is 9.49. The number of nitrogens with two attached hydrogens (primary N) is 1. The van der Waals surface area contributed by atoms with Gasteiger partial charge in [0, 0.05) is 25.7 Å². The van der Waals surface area contributed by atoms with Crippen LogP contribution < -0.4 is 16.4 Å². The molecule has 6 nitrogen and oxygen atoms in total. The van der Waals surface area contributed by atoms with Gasteiger partial charge in [-0.3, -0.25) is 4.79 Å². The van der Waals surface area contributed by atoms with E-state index in [0.717, 1.165) is 0 Å². The monoisotopic (exact) mass is 234 g/mol. The maximum absolute atomic E-state index is 10.6. The molecule has 6 heteroatoms. The number of benzene rings is 1. The second kappa shape index (κ2) is 4.73. The summed E-state index contributed by atoms with van der Waals surface area (Å²) in [5, 5.41) is 5.64. The predicted molar refractivity (Wildman–Crippen MR) is 65.6 cm³/mol. The van der Waals surface area contributed by atoms with Crippen LogP contribution >= 0.6 is 0 Å². The van der Waals surface area contributed by atoms with Gasteiger partial charge < -0.3 is 20.8 Å². The van der Waals surface area contributed by atoms with Crippen molar-refractivity contribution in [3.63, 3.8) is 0 Å². The molecule has 1 aromatic heterocycles. The number of anilines is 2. The number of nitrogens with zero attached hydrogens (tertiary/aromatic N) is 1. The number of carbonyl (C=O) groups excluding carboxylic acids is 1. The lowest BCUT2D eigenvalue weighted by atomic mass is 10.3. The smallest absolute Gasteiger partial charge is 0.295 e. The van der Waals surface area contributed by atoms with E-state index >= 15 is 0 Å². The lowest BCUT2D eigenvalue weighted by Gasteiger charge is -2.01. The molecule has 0 aliphatic carbocycles. The first-order valence-electron chi connectivity index (χ1n) is 5.29. The Balaban J connectivity index is 1.97. The van der Waals surface area contributed by atoms with Gasteiger partial charge in [0.05, 0.1) is 0 Å². The Morgan fingerprint density at radius 1 is 1.47 bits per heavy atom. The van der Waals surface area contributed by atoms with Crippen LogP contribution in [0.4, 0.5) is 11.7 Å². The molecule has 0 atom stereocenters.